The van der Waals surface area contributed by atoms with E-state index in [1.807, 2.05) is 43.3 Å². The number of aryl methyl sites for hydroxylation is 1. The molecule has 7 saturated heterocycles. The van der Waals surface area contributed by atoms with E-state index in [-0.39, 0.29) is 17.9 Å². The van der Waals surface area contributed by atoms with Gasteiger partial charge in [-0.15, -0.1) is 0 Å². The Kier molecular flexibility index (Phi) is 33.2. The van der Waals surface area contributed by atoms with E-state index in [2.05, 4.69) is 103 Å². The molecule has 6 aromatic carbocycles. The van der Waals surface area contributed by atoms with Crippen molar-refractivity contribution in [2.45, 2.75) is 317 Å². The molecule has 7 aliphatic carbocycles. The summed E-state index contributed by atoms with van der Waals surface area (Å²) in [5, 5.41) is 15.0. The summed E-state index contributed by atoms with van der Waals surface area (Å²) in [6, 6.07) is 40.0. The molecule has 6 aromatic rings. The van der Waals surface area contributed by atoms with Crippen LogP contribution in [0.15, 0.2) is 109 Å². The number of hydrogen-bond donors (Lipinski definition) is 2. The van der Waals surface area contributed by atoms with Crippen LogP contribution in [0.25, 0.3) is 11.1 Å². The molecule has 2 amide bonds. The van der Waals surface area contributed by atoms with E-state index in [0.717, 1.165) is 215 Å². The van der Waals surface area contributed by atoms with Crippen LogP contribution in [0.2, 0.25) is 10.0 Å². The third-order valence-corrected chi connectivity index (χ3v) is 35.2. The van der Waals surface area contributed by atoms with Gasteiger partial charge in [0.2, 0.25) is 0 Å². The van der Waals surface area contributed by atoms with Gasteiger partial charge in [-0.2, -0.15) is 0 Å². The third-order valence-electron chi connectivity index (χ3n) is 34.6. The van der Waals surface area contributed by atoms with Crippen LogP contribution in [0.1, 0.15) is 305 Å². The van der Waals surface area contributed by atoms with Crippen LogP contribution in [0.3, 0.4) is 0 Å². The fraction of sp³-hybridized carbons (Fsp3) is 0.655. The Bertz CT molecular complexity index is 4640. The van der Waals surface area contributed by atoms with Gasteiger partial charge in [-0.3, -0.25) is 9.69 Å². The second kappa shape index (κ2) is 44.7. The van der Waals surface area contributed by atoms with Crippen molar-refractivity contribution in [2.75, 3.05) is 108 Å². The first-order chi connectivity index (χ1) is 62.8. The monoisotopic (exact) mass is 1810 g/mol. The number of nitrogens with one attached hydrogen (secondary N) is 1. The van der Waals surface area contributed by atoms with Crippen molar-refractivity contribution in [3.05, 3.63) is 175 Å². The highest BCUT2D eigenvalue weighted by molar-refractivity contribution is 6.34. The fourth-order valence-corrected chi connectivity index (χ4v) is 27.8. The number of methoxy groups -OCH3 is 4. The maximum Gasteiger partial charge on any atom is 0.410 e. The van der Waals surface area contributed by atoms with Crippen molar-refractivity contribution >= 4 is 35.2 Å². The molecule has 0 radical (unpaired) electrons. The minimum atomic E-state index is -0.829. The van der Waals surface area contributed by atoms with Gasteiger partial charge >= 0.3 is 6.09 Å². The second-order valence-electron chi connectivity index (χ2n) is 41.4. The molecular formula is C110H153Cl2F2N7O8. The Morgan fingerprint density at radius 3 is 1.51 bits per heavy atom. The lowest BCUT2D eigenvalue weighted by molar-refractivity contribution is -0.0439. The first kappa shape index (κ1) is 95.6. The lowest BCUT2D eigenvalue weighted by Gasteiger charge is -2.44. The van der Waals surface area contributed by atoms with Crippen LogP contribution in [0.4, 0.5) is 13.6 Å². The number of amides is 2. The fourth-order valence-electron chi connectivity index (χ4n) is 27.4. The zero-order valence-electron chi connectivity index (χ0n) is 79.2. The smallest absolute Gasteiger partial charge is 0.410 e. The van der Waals surface area contributed by atoms with E-state index in [4.69, 9.17) is 46.9 Å². The molecule has 129 heavy (non-hydrogen) atoms. The standard InChI is InChI=1S/C31H40ClN3O4.C21H30ClNO2.C20H29N.C19H25F2NO.C19H29NO/c1-4-39-31(37)35-23-7-9-24(19-25(35)10-8-23)34-15-13-20(14-16-34)27-17-21(6-12-29(27)38-3)22-5-11-26(28(32)18-22)30(36)33-2;1-25-20-8-7-17(22)14-18(20)21(24)9-11-23(12-10-21)19-4-2-3-15-5-6-16(19)13-15;1-14-4-3-5-19(15(14)2)17-8-10-21(11-9-17)20-13-16-6-7-18(20)12-16;1-23-19-11-17(21)16(20)10-15(19)13-4-6-22(7-5-13)18-9-12-2-3-14(18)8-12;1-21-19-11-7-6-10-18(19)16-12-14-20(15-13-16)17-8-4-2-3-5-9-17/h5-6,11-12,17-18,20,23-25H,4,7-10,13-16,19H2,1-3H3,(H,33,36);7-8,14-16,19,24H,2-6,9-13H2,1H3;3-5,16-18,20H,6-13H2,1-2H3;10-14,18H,2-9H2,1H3;6-7,10-11,16-17H,2-5,8-9,12-15H2,1H3/t;;;12-,14?,18-;/m...0./s1. The number of carbonyl (C=O) groups is 2. The van der Waals surface area contributed by atoms with E-state index < -0.39 is 17.2 Å². The average Bonchev–Trinajstić information content (AvgIpc) is 1.70. The van der Waals surface area contributed by atoms with Gasteiger partial charge in [0.15, 0.2) is 11.6 Å². The summed E-state index contributed by atoms with van der Waals surface area (Å²) in [7, 11) is 8.32. The Hall–Kier alpha value is -6.54. The van der Waals surface area contributed by atoms with E-state index in [0.29, 0.717) is 57.9 Å². The normalized spacial score (nSPS) is 28.3. The number of aliphatic hydroxyl groups is 1. The second-order valence-corrected chi connectivity index (χ2v) is 42.3. The number of halogens is 4. The average molecular weight is 1810 g/mol. The molecule has 19 heteroatoms. The minimum absolute atomic E-state index is 0.124. The van der Waals surface area contributed by atoms with Gasteiger partial charge in [-0.1, -0.05) is 130 Å². The topological polar surface area (TPSA) is 132 Å². The molecule has 0 aromatic heterocycles. The summed E-state index contributed by atoms with van der Waals surface area (Å²) in [6.45, 7) is 18.3. The van der Waals surface area contributed by atoms with Gasteiger partial charge < -0.3 is 58.6 Å². The molecule has 7 saturated carbocycles. The Morgan fingerprint density at radius 2 is 0.922 bits per heavy atom. The quantitative estimate of drug-likeness (QED) is 0.0841. The summed E-state index contributed by atoms with van der Waals surface area (Å²) in [5.74, 6) is 9.50. The van der Waals surface area contributed by atoms with Crippen LogP contribution < -0.4 is 24.3 Å². The largest absolute Gasteiger partial charge is 0.496 e. The molecule has 7 heterocycles. The molecule has 14 aliphatic rings. The van der Waals surface area contributed by atoms with Gasteiger partial charge in [0.1, 0.15) is 23.0 Å². The van der Waals surface area contributed by atoms with Crippen LogP contribution in [-0.4, -0.2) is 196 Å². The van der Waals surface area contributed by atoms with Crippen LogP contribution in [0.5, 0.6) is 23.0 Å². The maximum absolute atomic E-state index is 13.6. The summed E-state index contributed by atoms with van der Waals surface area (Å²) >= 11 is 12.6. The predicted octanol–water partition coefficient (Wildman–Crippen LogP) is 24.3. The van der Waals surface area contributed by atoms with Crippen molar-refractivity contribution < 1.29 is 47.2 Å². The van der Waals surface area contributed by atoms with Crippen molar-refractivity contribution in [2.24, 2.45) is 35.5 Å². The minimum Gasteiger partial charge on any atom is -0.496 e. The molecule has 20 rings (SSSR count). The first-order valence-corrected chi connectivity index (χ1v) is 51.7. The molecule has 8 bridgehead atoms. The van der Waals surface area contributed by atoms with Crippen molar-refractivity contribution in [3.8, 4) is 34.1 Å². The highest BCUT2D eigenvalue weighted by atomic mass is 35.5. The Morgan fingerprint density at radius 1 is 0.426 bits per heavy atom. The van der Waals surface area contributed by atoms with Crippen LogP contribution in [-0.2, 0) is 10.3 Å². The number of carbonyl (C=O) groups excluding carboxylic acids is 2. The van der Waals surface area contributed by atoms with Gasteiger partial charge in [0.25, 0.3) is 5.91 Å². The van der Waals surface area contributed by atoms with Gasteiger partial charge in [0.05, 0.1) is 51.2 Å². The zero-order valence-corrected chi connectivity index (χ0v) is 80.7. The summed E-state index contributed by atoms with van der Waals surface area (Å²) in [5.41, 5.74) is 10.7. The van der Waals surface area contributed by atoms with Gasteiger partial charge in [0, 0.05) is 84.6 Å². The van der Waals surface area contributed by atoms with Gasteiger partial charge in [-0.05, 0) is 393 Å². The van der Waals surface area contributed by atoms with Crippen molar-refractivity contribution in [3.63, 3.8) is 0 Å². The molecule has 12 atom stereocenters. The Labute approximate surface area is 781 Å². The van der Waals surface area contributed by atoms with E-state index in [1.54, 1.807) is 46.4 Å². The molecule has 704 valence electrons. The summed E-state index contributed by atoms with van der Waals surface area (Å²) in [6.07, 6.45) is 45.2. The number of hydrogen-bond acceptors (Lipinski definition) is 13. The SMILES string of the molecule is CCOC(=O)N1C2CCC(N3CCC(c4cc(-c5ccc(C(=O)NC)c(Cl)c5)ccc4OC)CC3)CC1CC2.COc1cc(F)c(F)cc1C1CCN([C@H]2C[C@H]3CCC2C3)CC1.COc1ccc(Cl)cc1C1(O)CCN(C2CCCC3CCC2C3)CC1.COc1ccccc1C1CCN(C2CCCCCC2)CC1.Cc1cccc(C2CCN(C3CC4CCC3C4)CC2)c1C. The Balaban J connectivity index is 0.000000121. The van der Waals surface area contributed by atoms with Gasteiger partial charge in [-0.25, -0.2) is 13.6 Å². The maximum atomic E-state index is 13.6. The van der Waals surface area contributed by atoms with E-state index in [9.17, 15) is 23.5 Å². The number of benzene rings is 6. The number of piperidine rings is 5. The van der Waals surface area contributed by atoms with Crippen LogP contribution in [0, 0.1) is 61.0 Å². The number of fused-ring (bicyclic) bond motifs is 8. The molecule has 2 N–H and O–H groups in total. The number of ether oxygens (including phenoxy) is 5. The number of nitrogens with zero attached hydrogens (tertiary/aromatic N) is 6. The number of likely N-dealkylation sites (tertiary alicyclic amines) is 5. The molecule has 15 nitrogen and oxygen atoms in total. The summed E-state index contributed by atoms with van der Waals surface area (Å²) in [4.78, 5) is 40.3. The van der Waals surface area contributed by atoms with Crippen LogP contribution >= 0.6 is 23.2 Å². The zero-order chi connectivity index (χ0) is 89.8. The first-order valence-electron chi connectivity index (χ1n) is 50.9. The highest BCUT2D eigenvalue weighted by Crippen LogP contribution is 2.52. The number of para-hydroxylation sites is 1. The molecule has 10 unspecified atom stereocenters. The van der Waals surface area contributed by atoms with Crippen molar-refractivity contribution in [1.82, 2.24) is 34.7 Å². The lowest BCUT2D eigenvalue weighted by atomic mass is 9.82. The lowest BCUT2D eigenvalue weighted by Crippen LogP contribution is -2.49. The number of rotatable bonds is 17. The van der Waals surface area contributed by atoms with Crippen molar-refractivity contribution in [1.29, 1.82) is 0 Å². The predicted molar refractivity (Wildman–Crippen MR) is 517 cm³/mol. The van der Waals surface area contributed by atoms with E-state index >= 15 is 0 Å². The third kappa shape index (κ3) is 22.7. The molecule has 7 aliphatic heterocycles. The molecular weight excluding hydrogens is 1660 g/mol. The molecule has 14 fully saturated rings. The highest BCUT2D eigenvalue weighted by Gasteiger charge is 2.48. The summed E-state index contributed by atoms with van der Waals surface area (Å²) < 4.78 is 54.5. The molecule has 0 spiro atoms. The van der Waals surface area contributed by atoms with E-state index in [1.165, 1.54) is 215 Å².